The number of nitrogens with zero attached hydrogens (tertiary/aromatic N) is 1. The third-order valence-electron chi connectivity index (χ3n) is 4.35. The molecule has 2 heterocycles. The van der Waals surface area contributed by atoms with Gasteiger partial charge in [-0.25, -0.2) is 4.79 Å². The van der Waals surface area contributed by atoms with E-state index < -0.39 is 17.9 Å². The van der Waals surface area contributed by atoms with Crippen LogP contribution in [0.3, 0.4) is 0 Å². The van der Waals surface area contributed by atoms with Crippen LogP contribution in [0.1, 0.15) is 52.4 Å². The molecule has 1 amide bonds. The molecule has 0 aliphatic carbocycles. The number of hydrogen-bond acceptors (Lipinski definition) is 4. The number of aliphatic carboxylic acids is 1. The quantitative estimate of drug-likeness (QED) is 0.798. The number of methoxy groups -OCH3 is 1. The first-order valence-electron chi connectivity index (χ1n) is 7.60. The topological polar surface area (TPSA) is 99.7 Å². The van der Waals surface area contributed by atoms with Gasteiger partial charge in [-0.3, -0.25) is 9.59 Å². The number of carboxylic acids is 1. The molecular formula is C16H22N2O5. The minimum Gasteiger partial charge on any atom is -0.480 e. The van der Waals surface area contributed by atoms with Gasteiger partial charge in [-0.05, 0) is 25.8 Å². The first kappa shape index (κ1) is 17.2. The van der Waals surface area contributed by atoms with Crippen molar-refractivity contribution < 1.29 is 24.2 Å². The molecule has 1 aromatic heterocycles. The average molecular weight is 322 g/mol. The molecule has 126 valence electrons. The zero-order valence-corrected chi connectivity index (χ0v) is 13.8. The van der Waals surface area contributed by atoms with Crippen LogP contribution < -0.4 is 0 Å². The number of ether oxygens (including phenoxy) is 1. The Morgan fingerprint density at radius 2 is 2.04 bits per heavy atom. The summed E-state index contributed by atoms with van der Waals surface area (Å²) in [7, 11) is 1.50. The van der Waals surface area contributed by atoms with Crippen molar-refractivity contribution in [2.45, 2.75) is 45.8 Å². The van der Waals surface area contributed by atoms with E-state index in [0.29, 0.717) is 28.9 Å². The SMILES string of the molecule is CCc1c(C(=O)N2CC(OC)CC2C(=O)O)[nH]c(C)c1C(C)=O. The molecular weight excluding hydrogens is 300 g/mol. The molecule has 1 aliphatic heterocycles. The van der Waals surface area contributed by atoms with Crippen LogP contribution in [-0.2, 0) is 16.0 Å². The summed E-state index contributed by atoms with van der Waals surface area (Å²) in [5, 5.41) is 9.35. The molecule has 23 heavy (non-hydrogen) atoms. The standard InChI is InChI=1S/C16H22N2O5/c1-5-11-13(9(3)19)8(2)17-14(11)15(20)18-7-10(23-4)6-12(18)16(21)22/h10,12,17H,5-7H2,1-4H3,(H,21,22). The fourth-order valence-electron chi connectivity index (χ4n) is 3.26. The van der Waals surface area contributed by atoms with Crippen LogP contribution in [0.25, 0.3) is 0 Å². The number of aromatic nitrogens is 1. The van der Waals surface area contributed by atoms with E-state index in [2.05, 4.69) is 4.98 Å². The number of hydrogen-bond donors (Lipinski definition) is 2. The van der Waals surface area contributed by atoms with E-state index in [-0.39, 0.29) is 24.9 Å². The Bertz CT molecular complexity index is 649. The minimum absolute atomic E-state index is 0.111. The highest BCUT2D eigenvalue weighted by atomic mass is 16.5. The molecule has 2 unspecified atom stereocenters. The molecule has 1 fully saturated rings. The van der Waals surface area contributed by atoms with Crippen molar-refractivity contribution in [1.29, 1.82) is 0 Å². The van der Waals surface area contributed by atoms with Gasteiger partial charge in [0.2, 0.25) is 0 Å². The van der Waals surface area contributed by atoms with Crippen molar-refractivity contribution in [3.8, 4) is 0 Å². The molecule has 0 aromatic carbocycles. The second-order valence-corrected chi connectivity index (χ2v) is 5.79. The predicted octanol–water partition coefficient (Wildman–Crippen LogP) is 1.40. The summed E-state index contributed by atoms with van der Waals surface area (Å²) in [6, 6.07) is -0.915. The lowest BCUT2D eigenvalue weighted by Crippen LogP contribution is -2.41. The van der Waals surface area contributed by atoms with Gasteiger partial charge in [0.05, 0.1) is 6.10 Å². The van der Waals surface area contributed by atoms with Crippen LogP contribution in [-0.4, -0.2) is 58.5 Å². The first-order chi connectivity index (χ1) is 10.8. The van der Waals surface area contributed by atoms with E-state index in [9.17, 15) is 19.5 Å². The number of aromatic amines is 1. The molecule has 2 atom stereocenters. The van der Waals surface area contributed by atoms with Gasteiger partial charge >= 0.3 is 5.97 Å². The molecule has 2 N–H and O–H groups in total. The Labute approximate surface area is 134 Å². The van der Waals surface area contributed by atoms with Gasteiger partial charge in [-0.1, -0.05) is 6.92 Å². The highest BCUT2D eigenvalue weighted by Crippen LogP contribution is 2.26. The first-order valence-corrected chi connectivity index (χ1v) is 7.60. The van der Waals surface area contributed by atoms with Crippen molar-refractivity contribution in [3.63, 3.8) is 0 Å². The van der Waals surface area contributed by atoms with Gasteiger partial charge in [0, 0.05) is 31.3 Å². The van der Waals surface area contributed by atoms with Gasteiger partial charge in [-0.15, -0.1) is 0 Å². The summed E-state index contributed by atoms with van der Waals surface area (Å²) in [5.41, 5.74) is 2.10. The van der Waals surface area contributed by atoms with E-state index in [1.807, 2.05) is 6.92 Å². The van der Waals surface area contributed by atoms with Gasteiger partial charge in [0.1, 0.15) is 11.7 Å². The molecule has 0 spiro atoms. The van der Waals surface area contributed by atoms with E-state index in [1.165, 1.54) is 18.9 Å². The maximum absolute atomic E-state index is 12.9. The van der Waals surface area contributed by atoms with E-state index >= 15 is 0 Å². The smallest absolute Gasteiger partial charge is 0.326 e. The molecule has 7 heteroatoms. The van der Waals surface area contributed by atoms with Crippen molar-refractivity contribution in [2.24, 2.45) is 0 Å². The van der Waals surface area contributed by atoms with Gasteiger partial charge in [-0.2, -0.15) is 0 Å². The number of rotatable bonds is 5. The van der Waals surface area contributed by atoms with Crippen LogP contribution in [0.5, 0.6) is 0 Å². The number of nitrogens with one attached hydrogen (secondary N) is 1. The second-order valence-electron chi connectivity index (χ2n) is 5.79. The summed E-state index contributed by atoms with van der Waals surface area (Å²) in [4.78, 5) is 40.4. The Morgan fingerprint density at radius 1 is 1.39 bits per heavy atom. The largest absolute Gasteiger partial charge is 0.480 e. The van der Waals surface area contributed by atoms with Crippen molar-refractivity contribution >= 4 is 17.7 Å². The van der Waals surface area contributed by atoms with Gasteiger partial charge in [0.25, 0.3) is 5.91 Å². The number of carbonyl (C=O) groups is 3. The van der Waals surface area contributed by atoms with E-state index in [1.54, 1.807) is 6.92 Å². The summed E-state index contributed by atoms with van der Waals surface area (Å²) in [6.07, 6.45) is 0.478. The maximum atomic E-state index is 12.9. The second kappa shape index (κ2) is 6.54. The van der Waals surface area contributed by atoms with Crippen LogP contribution in [0.2, 0.25) is 0 Å². The van der Waals surface area contributed by atoms with E-state index in [4.69, 9.17) is 4.74 Å². The Balaban J connectivity index is 2.42. The van der Waals surface area contributed by atoms with Crippen LogP contribution in [0, 0.1) is 6.92 Å². The summed E-state index contributed by atoms with van der Waals surface area (Å²) in [5.74, 6) is -1.56. The highest BCUT2D eigenvalue weighted by molar-refractivity contribution is 6.03. The summed E-state index contributed by atoms with van der Waals surface area (Å²) < 4.78 is 5.21. The number of carboxylic acid groups (broad SMARTS) is 1. The van der Waals surface area contributed by atoms with Crippen molar-refractivity contribution in [2.75, 3.05) is 13.7 Å². The van der Waals surface area contributed by atoms with Crippen LogP contribution >= 0.6 is 0 Å². The fraction of sp³-hybridized carbons (Fsp3) is 0.562. The molecule has 0 saturated carbocycles. The number of Topliss-reactive ketones (excluding diaryl/α,β-unsaturated/α-hetero) is 1. The molecule has 7 nitrogen and oxygen atoms in total. The third-order valence-corrected chi connectivity index (χ3v) is 4.35. The monoisotopic (exact) mass is 322 g/mol. The molecule has 1 aliphatic rings. The summed E-state index contributed by atoms with van der Waals surface area (Å²) in [6.45, 7) is 5.29. The Kier molecular flexibility index (Phi) is 4.89. The van der Waals surface area contributed by atoms with Crippen LogP contribution in [0.15, 0.2) is 0 Å². The predicted molar refractivity (Wildman–Crippen MR) is 82.8 cm³/mol. The number of ketones is 1. The third kappa shape index (κ3) is 3.01. The lowest BCUT2D eigenvalue weighted by atomic mass is 10.0. The molecule has 1 aromatic rings. The van der Waals surface area contributed by atoms with Gasteiger partial charge in [0.15, 0.2) is 5.78 Å². The Morgan fingerprint density at radius 3 is 2.52 bits per heavy atom. The minimum atomic E-state index is -1.05. The zero-order chi connectivity index (χ0) is 17.3. The number of amides is 1. The number of aryl methyl sites for hydroxylation is 1. The lowest BCUT2D eigenvalue weighted by molar-refractivity contribution is -0.141. The lowest BCUT2D eigenvalue weighted by Gasteiger charge is -2.21. The maximum Gasteiger partial charge on any atom is 0.326 e. The zero-order valence-electron chi connectivity index (χ0n) is 13.8. The number of likely N-dealkylation sites (tertiary alicyclic amines) is 1. The average Bonchev–Trinajstić information content (AvgIpc) is 3.07. The molecule has 2 rings (SSSR count). The number of carbonyl (C=O) groups excluding carboxylic acids is 2. The Hall–Kier alpha value is -2.15. The van der Waals surface area contributed by atoms with Crippen molar-refractivity contribution in [1.82, 2.24) is 9.88 Å². The fourth-order valence-corrected chi connectivity index (χ4v) is 3.26. The van der Waals surface area contributed by atoms with E-state index in [0.717, 1.165) is 0 Å². The van der Waals surface area contributed by atoms with Gasteiger partial charge < -0.3 is 19.7 Å². The summed E-state index contributed by atoms with van der Waals surface area (Å²) >= 11 is 0. The molecule has 0 bridgehead atoms. The molecule has 0 radical (unpaired) electrons. The molecule has 1 saturated heterocycles. The highest BCUT2D eigenvalue weighted by Gasteiger charge is 2.41. The van der Waals surface area contributed by atoms with Crippen LogP contribution in [0.4, 0.5) is 0 Å². The van der Waals surface area contributed by atoms with Crippen molar-refractivity contribution in [3.05, 3.63) is 22.5 Å². The normalized spacial score (nSPS) is 20.8. The number of H-pyrrole nitrogens is 1.